The van der Waals surface area contributed by atoms with E-state index in [0.29, 0.717) is 23.7 Å². The molecule has 0 aliphatic rings. The molecule has 0 saturated heterocycles. The van der Waals surface area contributed by atoms with Gasteiger partial charge in [-0.25, -0.2) is 0 Å². The lowest BCUT2D eigenvalue weighted by Crippen LogP contribution is -2.09. The summed E-state index contributed by atoms with van der Waals surface area (Å²) in [5.41, 5.74) is 0.729. The summed E-state index contributed by atoms with van der Waals surface area (Å²) in [6.45, 7) is 9.75. The molecular weight excluding hydrogens is 458 g/mol. The number of benzene rings is 2. The standard InChI is InChI=1S/C18H17NO4.C6H15N.C2H5NO.C2H6/c1-21-17-11-14-15(12-18(17)22-10-9-20)19-8-7-16(14)23-13-5-3-2-4-6-13;1-6(2)4-5-7-3;1-3-2-4;1-2/h2-8,11-12,20H,9-10H2,1H3;6-7H,4-5H2,1-3H3;2H,1H3,(H,3,4);1-2H3. The second-order valence-corrected chi connectivity index (χ2v) is 7.51. The molecule has 36 heavy (non-hydrogen) atoms. The zero-order valence-electron chi connectivity index (χ0n) is 22.7. The summed E-state index contributed by atoms with van der Waals surface area (Å²) in [7, 11) is 5.12. The number of aliphatic hydroxyl groups is 1. The molecular formula is C28H43N3O5. The van der Waals surface area contributed by atoms with Crippen LogP contribution in [-0.4, -0.2) is 57.5 Å². The topological polar surface area (TPSA) is 102 Å². The van der Waals surface area contributed by atoms with Crippen molar-refractivity contribution in [3.63, 3.8) is 0 Å². The van der Waals surface area contributed by atoms with Crippen LogP contribution in [0.15, 0.2) is 54.7 Å². The normalized spacial score (nSPS) is 9.47. The Morgan fingerprint density at radius 1 is 1.03 bits per heavy atom. The molecule has 0 radical (unpaired) electrons. The number of ether oxygens (including phenoxy) is 3. The molecule has 1 amide bonds. The molecule has 200 valence electrons. The fourth-order valence-electron chi connectivity index (χ4n) is 2.69. The van der Waals surface area contributed by atoms with Crippen molar-refractivity contribution in [2.45, 2.75) is 34.1 Å². The van der Waals surface area contributed by atoms with Crippen LogP contribution in [-0.2, 0) is 4.79 Å². The lowest BCUT2D eigenvalue weighted by Gasteiger charge is -2.13. The van der Waals surface area contributed by atoms with Gasteiger partial charge in [0.15, 0.2) is 11.5 Å². The van der Waals surface area contributed by atoms with Crippen molar-refractivity contribution in [1.29, 1.82) is 0 Å². The van der Waals surface area contributed by atoms with E-state index in [4.69, 9.17) is 24.1 Å². The molecule has 8 heteroatoms. The summed E-state index contributed by atoms with van der Waals surface area (Å²) >= 11 is 0. The monoisotopic (exact) mass is 501 g/mol. The van der Waals surface area contributed by atoms with Gasteiger partial charge in [-0.15, -0.1) is 0 Å². The first-order chi connectivity index (χ1) is 17.5. The fraction of sp³-hybridized carbons (Fsp3) is 0.429. The van der Waals surface area contributed by atoms with Crippen LogP contribution < -0.4 is 24.8 Å². The number of hydrogen-bond acceptors (Lipinski definition) is 7. The number of pyridine rings is 1. The highest BCUT2D eigenvalue weighted by atomic mass is 16.5. The molecule has 0 atom stereocenters. The molecule has 0 bridgehead atoms. The maximum Gasteiger partial charge on any atom is 0.206 e. The van der Waals surface area contributed by atoms with Gasteiger partial charge in [-0.1, -0.05) is 45.9 Å². The lowest BCUT2D eigenvalue weighted by molar-refractivity contribution is -0.109. The molecule has 0 spiro atoms. The van der Waals surface area contributed by atoms with Gasteiger partial charge in [0.25, 0.3) is 0 Å². The molecule has 1 heterocycles. The van der Waals surface area contributed by atoms with Crippen LogP contribution in [0.2, 0.25) is 0 Å². The molecule has 1 aromatic heterocycles. The van der Waals surface area contributed by atoms with Crippen LogP contribution in [0.1, 0.15) is 34.1 Å². The fourth-order valence-corrected chi connectivity index (χ4v) is 2.69. The SMILES string of the molecule is CC.CNC=O.CNCCC(C)C.COc1cc2c(Oc3ccccc3)ccnc2cc1OCCO. The third kappa shape index (κ3) is 12.9. The van der Waals surface area contributed by atoms with Gasteiger partial charge in [-0.3, -0.25) is 9.78 Å². The molecule has 0 aliphatic heterocycles. The number of amides is 1. The predicted molar refractivity (Wildman–Crippen MR) is 147 cm³/mol. The Balaban J connectivity index is 0.000000789. The van der Waals surface area contributed by atoms with E-state index in [0.717, 1.165) is 29.1 Å². The molecule has 0 fully saturated rings. The Labute approximate surface area is 216 Å². The predicted octanol–water partition coefficient (Wildman–Crippen LogP) is 5.05. The van der Waals surface area contributed by atoms with Gasteiger partial charge in [-0.05, 0) is 50.2 Å². The number of para-hydroxylation sites is 1. The number of fused-ring (bicyclic) bond motifs is 1. The van der Waals surface area contributed by atoms with E-state index in [-0.39, 0.29) is 13.2 Å². The summed E-state index contributed by atoms with van der Waals surface area (Å²) in [5.74, 6) is 3.38. The first kappa shape index (κ1) is 32.6. The largest absolute Gasteiger partial charge is 0.493 e. The smallest absolute Gasteiger partial charge is 0.206 e. The molecule has 3 aromatic rings. The van der Waals surface area contributed by atoms with Crippen LogP contribution in [0.5, 0.6) is 23.0 Å². The van der Waals surface area contributed by atoms with Gasteiger partial charge >= 0.3 is 0 Å². The highest BCUT2D eigenvalue weighted by Crippen LogP contribution is 2.36. The minimum absolute atomic E-state index is 0.0637. The van der Waals surface area contributed by atoms with Crippen LogP contribution in [0.3, 0.4) is 0 Å². The third-order valence-corrected chi connectivity index (χ3v) is 4.40. The van der Waals surface area contributed by atoms with Crippen molar-refractivity contribution in [3.8, 4) is 23.0 Å². The van der Waals surface area contributed by atoms with Gasteiger partial charge in [0.05, 0.1) is 19.2 Å². The summed E-state index contributed by atoms with van der Waals surface area (Å²) in [5, 5.41) is 15.1. The van der Waals surface area contributed by atoms with Crippen LogP contribution in [0.25, 0.3) is 10.9 Å². The maximum absolute atomic E-state index is 9.06. The van der Waals surface area contributed by atoms with Crippen LogP contribution in [0.4, 0.5) is 0 Å². The number of aliphatic hydroxyl groups excluding tert-OH is 1. The first-order valence-electron chi connectivity index (χ1n) is 12.2. The molecule has 0 saturated carbocycles. The number of nitrogens with zero attached hydrogens (tertiary/aromatic N) is 1. The van der Waals surface area contributed by atoms with E-state index in [2.05, 4.69) is 29.5 Å². The molecule has 0 aliphatic carbocycles. The number of methoxy groups -OCH3 is 1. The summed E-state index contributed by atoms with van der Waals surface area (Å²) < 4.78 is 16.8. The van der Waals surface area contributed by atoms with Crippen molar-refractivity contribution >= 4 is 17.3 Å². The molecule has 3 rings (SSSR count). The Hall–Kier alpha value is -3.36. The summed E-state index contributed by atoms with van der Waals surface area (Å²) in [6, 6.07) is 15.0. The van der Waals surface area contributed by atoms with Crippen molar-refractivity contribution in [1.82, 2.24) is 15.6 Å². The molecule has 0 unspecified atom stereocenters. The maximum atomic E-state index is 9.06. The van der Waals surface area contributed by atoms with Gasteiger partial charge in [-0.2, -0.15) is 0 Å². The highest BCUT2D eigenvalue weighted by molar-refractivity contribution is 5.88. The Morgan fingerprint density at radius 3 is 2.19 bits per heavy atom. The van der Waals surface area contributed by atoms with Crippen LogP contribution >= 0.6 is 0 Å². The average molecular weight is 502 g/mol. The van der Waals surface area contributed by atoms with Gasteiger partial charge in [0, 0.05) is 24.7 Å². The highest BCUT2D eigenvalue weighted by Gasteiger charge is 2.12. The first-order valence-corrected chi connectivity index (χ1v) is 12.2. The average Bonchev–Trinajstić information content (AvgIpc) is 2.92. The second-order valence-electron chi connectivity index (χ2n) is 7.51. The summed E-state index contributed by atoms with van der Waals surface area (Å²) in [4.78, 5) is 13.4. The minimum Gasteiger partial charge on any atom is -0.493 e. The quantitative estimate of drug-likeness (QED) is 0.334. The van der Waals surface area contributed by atoms with E-state index in [1.54, 1.807) is 26.4 Å². The van der Waals surface area contributed by atoms with Crippen molar-refractivity contribution in [3.05, 3.63) is 54.7 Å². The minimum atomic E-state index is -0.0637. The van der Waals surface area contributed by atoms with E-state index in [1.807, 2.05) is 63.4 Å². The van der Waals surface area contributed by atoms with Gasteiger partial charge < -0.3 is 30.0 Å². The van der Waals surface area contributed by atoms with E-state index in [9.17, 15) is 0 Å². The number of rotatable bonds is 10. The van der Waals surface area contributed by atoms with Crippen molar-refractivity contribution in [2.75, 3.05) is 41.0 Å². The second kappa shape index (κ2) is 21.0. The number of aromatic nitrogens is 1. The molecule has 3 N–H and O–H groups in total. The van der Waals surface area contributed by atoms with E-state index in [1.165, 1.54) is 6.42 Å². The van der Waals surface area contributed by atoms with Crippen molar-refractivity contribution in [2.24, 2.45) is 5.92 Å². The molecule has 2 aromatic carbocycles. The number of nitrogens with one attached hydrogen (secondary N) is 2. The number of carbonyl (C=O) groups is 1. The Morgan fingerprint density at radius 2 is 1.69 bits per heavy atom. The number of hydrogen-bond donors (Lipinski definition) is 3. The molecule has 8 nitrogen and oxygen atoms in total. The lowest BCUT2D eigenvalue weighted by atomic mass is 10.1. The zero-order chi connectivity index (χ0) is 27.2. The Bertz CT molecular complexity index is 953. The number of carbonyl (C=O) groups excluding carboxylic acids is 1. The zero-order valence-corrected chi connectivity index (χ0v) is 22.7. The van der Waals surface area contributed by atoms with Gasteiger partial charge in [0.2, 0.25) is 6.41 Å². The van der Waals surface area contributed by atoms with Crippen molar-refractivity contribution < 1.29 is 24.1 Å². The summed E-state index contributed by atoms with van der Waals surface area (Å²) in [6.07, 6.45) is 3.60. The van der Waals surface area contributed by atoms with Crippen LogP contribution in [0, 0.1) is 5.92 Å². The third-order valence-electron chi connectivity index (χ3n) is 4.40. The van der Waals surface area contributed by atoms with E-state index < -0.39 is 0 Å². The van der Waals surface area contributed by atoms with E-state index >= 15 is 0 Å². The Kier molecular flexibility index (Phi) is 19.0. The van der Waals surface area contributed by atoms with Gasteiger partial charge in [0.1, 0.15) is 18.1 Å².